The third-order valence-corrected chi connectivity index (χ3v) is 10.9. The number of benzene rings is 6. The molecule has 2 heterocycles. The smallest absolute Gasteiger partial charge is 0.141 e. The maximum atomic E-state index is 9.47. The van der Waals surface area contributed by atoms with E-state index in [0.29, 0.717) is 11.4 Å². The molecular weight excluding hydrogens is 645 g/mol. The molecule has 0 radical (unpaired) electrons. The predicted octanol–water partition coefficient (Wildman–Crippen LogP) is 11.2. The highest BCUT2D eigenvalue weighted by atomic mass is 14.7. The summed E-state index contributed by atoms with van der Waals surface area (Å²) in [5, 5.41) is 18.9. The number of aromatic nitrogens is 2. The van der Waals surface area contributed by atoms with E-state index in [1.165, 1.54) is 44.5 Å². The van der Waals surface area contributed by atoms with Gasteiger partial charge < -0.3 is 0 Å². The van der Waals surface area contributed by atoms with Crippen LogP contribution >= 0.6 is 0 Å². The van der Waals surface area contributed by atoms with Crippen LogP contribution in [0.3, 0.4) is 0 Å². The van der Waals surface area contributed by atoms with E-state index in [1.807, 2.05) is 24.3 Å². The minimum atomic E-state index is -0.450. The Kier molecular flexibility index (Phi) is 6.80. The molecule has 244 valence electrons. The zero-order chi connectivity index (χ0) is 35.5. The molecule has 1 spiro atoms. The van der Waals surface area contributed by atoms with Crippen LogP contribution < -0.4 is 0 Å². The van der Waals surface area contributed by atoms with Gasteiger partial charge in [0.1, 0.15) is 23.5 Å². The van der Waals surface area contributed by atoms with Crippen molar-refractivity contribution >= 4 is 0 Å². The van der Waals surface area contributed by atoms with Gasteiger partial charge in [-0.2, -0.15) is 10.5 Å². The molecule has 4 heteroatoms. The first-order valence-electron chi connectivity index (χ1n) is 17.6. The summed E-state index contributed by atoms with van der Waals surface area (Å²) in [6, 6.07) is 60.6. The topological polar surface area (TPSA) is 73.4 Å². The molecule has 0 saturated carbocycles. The summed E-state index contributed by atoms with van der Waals surface area (Å²) < 4.78 is 0. The van der Waals surface area contributed by atoms with Crippen LogP contribution in [0.15, 0.2) is 170 Å². The lowest BCUT2D eigenvalue weighted by Gasteiger charge is -2.30. The van der Waals surface area contributed by atoms with Gasteiger partial charge in [-0.15, -0.1) is 0 Å². The molecule has 0 saturated heterocycles. The van der Waals surface area contributed by atoms with E-state index in [4.69, 9.17) is 0 Å². The zero-order valence-corrected chi connectivity index (χ0v) is 28.5. The second kappa shape index (κ2) is 11.8. The van der Waals surface area contributed by atoms with Crippen LogP contribution in [0.1, 0.15) is 33.6 Å². The molecule has 0 amide bonds. The predicted molar refractivity (Wildman–Crippen MR) is 210 cm³/mol. The Morgan fingerprint density at radius 3 is 1.15 bits per heavy atom. The summed E-state index contributed by atoms with van der Waals surface area (Å²) in [6.07, 6.45) is 3.38. The summed E-state index contributed by atoms with van der Waals surface area (Å²) in [6.45, 7) is 0. The third kappa shape index (κ3) is 4.60. The van der Waals surface area contributed by atoms with Crippen LogP contribution in [-0.2, 0) is 5.41 Å². The summed E-state index contributed by atoms with van der Waals surface area (Å²) in [4.78, 5) is 8.34. The van der Waals surface area contributed by atoms with Crippen LogP contribution in [0.5, 0.6) is 0 Å². The zero-order valence-electron chi connectivity index (χ0n) is 28.5. The monoisotopic (exact) mass is 672 g/mol. The van der Waals surface area contributed by atoms with Gasteiger partial charge in [-0.25, -0.2) is 9.97 Å². The number of rotatable bonds is 4. The lowest BCUT2D eigenvalue weighted by molar-refractivity contribution is 0.794. The highest BCUT2D eigenvalue weighted by Gasteiger charge is 2.51. The second-order valence-corrected chi connectivity index (χ2v) is 13.6. The normalized spacial score (nSPS) is 12.6. The van der Waals surface area contributed by atoms with Gasteiger partial charge in [0.25, 0.3) is 0 Å². The lowest BCUT2D eigenvalue weighted by Crippen LogP contribution is -2.25. The maximum Gasteiger partial charge on any atom is 0.141 e. The van der Waals surface area contributed by atoms with Gasteiger partial charge >= 0.3 is 0 Å². The molecule has 4 nitrogen and oxygen atoms in total. The Bertz CT molecular complexity index is 2690. The molecule has 0 atom stereocenters. The van der Waals surface area contributed by atoms with Crippen molar-refractivity contribution in [3.05, 3.63) is 204 Å². The van der Waals surface area contributed by atoms with Crippen LogP contribution in [0.2, 0.25) is 0 Å². The van der Waals surface area contributed by atoms with E-state index < -0.39 is 5.41 Å². The lowest BCUT2D eigenvalue weighted by atomic mass is 9.70. The Morgan fingerprint density at radius 1 is 0.340 bits per heavy atom. The van der Waals surface area contributed by atoms with Crippen molar-refractivity contribution in [3.63, 3.8) is 0 Å². The first kappa shape index (κ1) is 30.4. The summed E-state index contributed by atoms with van der Waals surface area (Å²) in [5.74, 6) is 0. The first-order chi connectivity index (χ1) is 26.1. The molecular formula is C49H28N4. The first-order valence-corrected chi connectivity index (χ1v) is 17.6. The largest absolute Gasteiger partial charge is 0.246 e. The Hall–Kier alpha value is -7.40. The highest BCUT2D eigenvalue weighted by Crippen LogP contribution is 2.63. The van der Waals surface area contributed by atoms with Gasteiger partial charge in [-0.1, -0.05) is 109 Å². The Morgan fingerprint density at radius 2 is 0.717 bits per heavy atom. The van der Waals surface area contributed by atoms with Crippen molar-refractivity contribution in [1.29, 1.82) is 10.5 Å². The van der Waals surface area contributed by atoms with E-state index in [2.05, 4.69) is 156 Å². The summed E-state index contributed by atoms with van der Waals surface area (Å²) in [7, 11) is 0. The van der Waals surface area contributed by atoms with E-state index in [0.717, 1.165) is 44.5 Å². The van der Waals surface area contributed by atoms with Crippen molar-refractivity contribution in [2.45, 2.75) is 5.41 Å². The van der Waals surface area contributed by atoms with E-state index in [-0.39, 0.29) is 0 Å². The maximum absolute atomic E-state index is 9.47. The molecule has 0 N–H and O–H groups in total. The van der Waals surface area contributed by atoms with Crippen molar-refractivity contribution in [2.75, 3.05) is 0 Å². The summed E-state index contributed by atoms with van der Waals surface area (Å²) in [5.41, 5.74) is 19.0. The van der Waals surface area contributed by atoms with Gasteiger partial charge in [0, 0.05) is 12.4 Å². The van der Waals surface area contributed by atoms with Crippen molar-refractivity contribution < 1.29 is 0 Å². The minimum absolute atomic E-state index is 0.401. The average Bonchev–Trinajstić information content (AvgIpc) is 3.70. The van der Waals surface area contributed by atoms with Crippen LogP contribution in [0, 0.1) is 22.7 Å². The number of hydrogen-bond donors (Lipinski definition) is 0. The third-order valence-electron chi connectivity index (χ3n) is 10.9. The number of fused-ring (bicyclic) bond motifs is 10. The van der Waals surface area contributed by atoms with Crippen LogP contribution in [0.4, 0.5) is 0 Å². The molecule has 53 heavy (non-hydrogen) atoms. The van der Waals surface area contributed by atoms with Gasteiger partial charge in [-0.05, 0) is 138 Å². The van der Waals surface area contributed by atoms with Gasteiger partial charge in [0.15, 0.2) is 0 Å². The summed E-state index contributed by atoms with van der Waals surface area (Å²) >= 11 is 0. The molecule has 0 fully saturated rings. The molecule has 6 aromatic carbocycles. The van der Waals surface area contributed by atoms with Crippen LogP contribution in [-0.4, -0.2) is 9.97 Å². The van der Waals surface area contributed by atoms with Crippen molar-refractivity contribution in [3.8, 4) is 78.9 Å². The molecule has 0 aliphatic heterocycles. The van der Waals surface area contributed by atoms with E-state index in [1.54, 1.807) is 12.4 Å². The quantitative estimate of drug-likeness (QED) is 0.186. The van der Waals surface area contributed by atoms with E-state index >= 15 is 0 Å². The van der Waals surface area contributed by atoms with Gasteiger partial charge in [-0.3, -0.25) is 0 Å². The standard InChI is InChI=1S/C49H28N4/c50-29-39-25-37(19-21-52-39)33-9-5-7-31(23-33)35-15-17-47-43(27-35)44-28-36(32-8-6-10-34(24-32)38-20-22-53-40(26-38)30-51)16-18-48(44)49(47)45-13-3-1-11-41(45)42-12-2-4-14-46(42)49/h1-28H. The second-order valence-electron chi connectivity index (χ2n) is 13.6. The van der Waals surface area contributed by atoms with E-state index in [9.17, 15) is 10.5 Å². The fourth-order valence-corrected chi connectivity index (χ4v) is 8.61. The number of pyridine rings is 2. The van der Waals surface area contributed by atoms with Crippen LogP contribution in [0.25, 0.3) is 66.8 Å². The number of nitrogens with zero attached hydrogens (tertiary/aromatic N) is 4. The fourth-order valence-electron chi connectivity index (χ4n) is 8.61. The molecule has 2 aliphatic rings. The molecule has 8 aromatic rings. The Labute approximate surface area is 307 Å². The van der Waals surface area contributed by atoms with Gasteiger partial charge in [0.2, 0.25) is 0 Å². The van der Waals surface area contributed by atoms with Crippen molar-refractivity contribution in [2.24, 2.45) is 0 Å². The average molecular weight is 673 g/mol. The van der Waals surface area contributed by atoms with Gasteiger partial charge in [0.05, 0.1) is 5.41 Å². The SMILES string of the molecule is N#Cc1cc(-c2cccc(-c3ccc4c(c3)-c3cc(-c5cccc(-c6ccnc(C#N)c6)c5)ccc3C43c4ccccc4-c4ccccc43)c2)ccn1. The molecule has 2 aromatic heterocycles. The van der Waals surface area contributed by atoms with Crippen molar-refractivity contribution in [1.82, 2.24) is 9.97 Å². The number of nitriles is 2. The Balaban J connectivity index is 1.18. The minimum Gasteiger partial charge on any atom is -0.246 e. The highest BCUT2D eigenvalue weighted by molar-refractivity contribution is 5.97. The fraction of sp³-hybridized carbons (Fsp3) is 0.0204. The molecule has 0 unspecified atom stereocenters. The number of hydrogen-bond acceptors (Lipinski definition) is 4. The molecule has 0 bridgehead atoms. The molecule has 2 aliphatic carbocycles. The molecule has 10 rings (SSSR count).